The fraction of sp³-hybridized carbons (Fsp3) is 0.471. The largest absolute Gasteiger partial charge is 0.490 e. The first-order valence-electron chi connectivity index (χ1n) is 8.48. The van der Waals surface area contributed by atoms with E-state index in [9.17, 15) is 40.0 Å². The second kappa shape index (κ2) is 7.96. The van der Waals surface area contributed by atoms with Gasteiger partial charge in [0, 0.05) is 28.0 Å². The van der Waals surface area contributed by atoms with Gasteiger partial charge in [0.25, 0.3) is 5.70 Å². The van der Waals surface area contributed by atoms with E-state index in [0.29, 0.717) is 4.76 Å². The summed E-state index contributed by atoms with van der Waals surface area (Å²) in [6.45, 7) is 3.54. The molecule has 0 saturated heterocycles. The topological polar surface area (TPSA) is 59.2 Å². The molecular weight excluding hydrogens is 444 g/mol. The van der Waals surface area contributed by atoms with Gasteiger partial charge in [0.2, 0.25) is 0 Å². The lowest BCUT2D eigenvalue weighted by atomic mass is 9.98. The Morgan fingerprint density at radius 1 is 1.23 bits per heavy atom. The van der Waals surface area contributed by atoms with Crippen molar-refractivity contribution in [3.05, 3.63) is 51.5 Å². The normalized spacial score (nSPS) is 15.6. The van der Waals surface area contributed by atoms with Gasteiger partial charge in [-0.1, -0.05) is 6.58 Å². The zero-order chi connectivity index (χ0) is 23.9. The van der Waals surface area contributed by atoms with Gasteiger partial charge in [0.15, 0.2) is 18.5 Å². The summed E-state index contributed by atoms with van der Waals surface area (Å²) in [6, 6.07) is 0. The van der Waals surface area contributed by atoms with Crippen LogP contribution in [0.2, 0.25) is 0 Å². The molecule has 0 bridgehead atoms. The highest BCUT2D eigenvalue weighted by molar-refractivity contribution is 5.58. The molecule has 0 unspecified atom stereocenters. The summed E-state index contributed by atoms with van der Waals surface area (Å²) in [5.74, 6) is -7.07. The number of anilines is 1. The predicted molar refractivity (Wildman–Crippen MR) is 91.8 cm³/mol. The van der Waals surface area contributed by atoms with E-state index in [1.165, 1.54) is 13.2 Å². The summed E-state index contributed by atoms with van der Waals surface area (Å²) < 4.78 is 112. The van der Waals surface area contributed by atoms with Crippen LogP contribution in [0, 0.1) is 4.91 Å². The molecule has 6 nitrogen and oxygen atoms in total. The van der Waals surface area contributed by atoms with Gasteiger partial charge < -0.3 is 10.1 Å². The molecule has 172 valence electrons. The minimum Gasteiger partial charge on any atom is -0.490 e. The Balaban J connectivity index is 2.62. The van der Waals surface area contributed by atoms with Crippen LogP contribution in [0.4, 0.5) is 40.9 Å². The van der Waals surface area contributed by atoms with Gasteiger partial charge in [0.1, 0.15) is 11.4 Å². The average Bonchev–Trinajstić information content (AvgIpc) is 2.97. The molecule has 1 N–H and O–H groups in total. The van der Waals surface area contributed by atoms with E-state index < -0.39 is 35.4 Å². The standard InChI is InChI=1S/C17H17F8N4O2/c1-8(9-6-5-7-10(29(3)30)12(9)31-4)26-14-11(16(20,21)22)13(27-28(14)2)15(18,19)17(23,24)25/h7,26H,1,5-6H2,2-4H3/q+1. The van der Waals surface area contributed by atoms with Crippen LogP contribution in [0.5, 0.6) is 0 Å². The van der Waals surface area contributed by atoms with Gasteiger partial charge in [-0.25, -0.2) is 0 Å². The minimum absolute atomic E-state index is 0.0298. The van der Waals surface area contributed by atoms with Crippen LogP contribution in [0.15, 0.2) is 35.4 Å². The van der Waals surface area contributed by atoms with Crippen LogP contribution in [-0.2, 0) is 23.9 Å². The first-order chi connectivity index (χ1) is 14.0. The molecule has 0 spiro atoms. The summed E-state index contributed by atoms with van der Waals surface area (Å²) in [7, 11) is 3.11. The number of hydrogen-bond donors (Lipinski definition) is 1. The number of likely N-dealkylation sites (N-methyl/N-ethyl adjacent to an activating group) is 1. The monoisotopic (exact) mass is 461 g/mol. The lowest BCUT2D eigenvalue weighted by molar-refractivity contribution is -0.466. The zero-order valence-electron chi connectivity index (χ0n) is 16.4. The SMILES string of the molecule is C=C(Nc1c(C(F)(F)F)c(C(F)(F)C(F)(F)F)nn1C)C1=C(OC)C([N+](C)=O)=CCC1. The third-order valence-electron chi connectivity index (χ3n) is 4.40. The number of methoxy groups -OCH3 is 1. The molecule has 0 radical (unpaired) electrons. The molecule has 1 aliphatic rings. The van der Waals surface area contributed by atoms with E-state index in [4.69, 9.17) is 4.74 Å². The van der Waals surface area contributed by atoms with Crippen LogP contribution in [0.1, 0.15) is 24.1 Å². The van der Waals surface area contributed by atoms with Crippen molar-refractivity contribution in [2.75, 3.05) is 19.5 Å². The first kappa shape index (κ1) is 24.3. The van der Waals surface area contributed by atoms with Gasteiger partial charge in [-0.3, -0.25) is 4.68 Å². The highest BCUT2D eigenvalue weighted by atomic mass is 19.4. The van der Waals surface area contributed by atoms with E-state index in [-0.39, 0.29) is 40.2 Å². The maximum atomic E-state index is 13.8. The molecule has 0 amide bonds. The van der Waals surface area contributed by atoms with Crippen molar-refractivity contribution in [2.24, 2.45) is 7.05 Å². The van der Waals surface area contributed by atoms with Crippen molar-refractivity contribution >= 4 is 5.82 Å². The van der Waals surface area contributed by atoms with E-state index in [2.05, 4.69) is 17.0 Å². The molecule has 1 aromatic rings. The summed E-state index contributed by atoms with van der Waals surface area (Å²) in [5, 5.41) is 4.92. The van der Waals surface area contributed by atoms with Gasteiger partial charge in [-0.15, -0.1) is 0 Å². The first-order valence-corrected chi connectivity index (χ1v) is 8.48. The van der Waals surface area contributed by atoms with Gasteiger partial charge in [-0.05, 0) is 18.9 Å². The van der Waals surface area contributed by atoms with Crippen molar-refractivity contribution in [1.82, 2.24) is 9.78 Å². The molecule has 0 aliphatic heterocycles. The number of alkyl halides is 8. The number of halogens is 8. The second-order valence-corrected chi connectivity index (χ2v) is 6.51. The highest BCUT2D eigenvalue weighted by Gasteiger charge is 2.64. The van der Waals surface area contributed by atoms with Crippen LogP contribution in [-0.4, -0.2) is 34.9 Å². The number of aromatic nitrogens is 2. The maximum absolute atomic E-state index is 13.8. The fourth-order valence-electron chi connectivity index (χ4n) is 3.01. The van der Waals surface area contributed by atoms with Crippen molar-refractivity contribution in [3.63, 3.8) is 0 Å². The Morgan fingerprint density at radius 3 is 2.26 bits per heavy atom. The molecule has 1 aromatic heterocycles. The lowest BCUT2D eigenvalue weighted by Gasteiger charge is -2.21. The number of nitrogens with zero attached hydrogens (tertiary/aromatic N) is 3. The van der Waals surface area contributed by atoms with E-state index in [1.807, 2.05) is 0 Å². The van der Waals surface area contributed by atoms with Crippen LogP contribution in [0.25, 0.3) is 0 Å². The Morgan fingerprint density at radius 2 is 1.81 bits per heavy atom. The molecule has 14 heteroatoms. The molecule has 1 aliphatic carbocycles. The molecule has 0 aromatic carbocycles. The quantitative estimate of drug-likeness (QED) is 0.478. The van der Waals surface area contributed by atoms with Gasteiger partial charge in [-0.2, -0.15) is 40.2 Å². The lowest BCUT2D eigenvalue weighted by Crippen LogP contribution is -2.36. The predicted octanol–water partition coefficient (Wildman–Crippen LogP) is 5.01. The number of aryl methyl sites for hydroxylation is 1. The van der Waals surface area contributed by atoms with Crippen LogP contribution < -0.4 is 5.32 Å². The summed E-state index contributed by atoms with van der Waals surface area (Å²) >= 11 is 0. The highest BCUT2D eigenvalue weighted by Crippen LogP contribution is 2.50. The number of rotatable bonds is 6. The average molecular weight is 461 g/mol. The number of ether oxygens (including phenoxy) is 1. The Bertz CT molecular complexity index is 970. The van der Waals surface area contributed by atoms with E-state index in [1.54, 1.807) is 0 Å². The van der Waals surface area contributed by atoms with Gasteiger partial charge in [0.05, 0.1) is 7.11 Å². The van der Waals surface area contributed by atoms with Crippen LogP contribution in [0.3, 0.4) is 0 Å². The Labute approximate surface area is 170 Å². The molecule has 0 atom stereocenters. The second-order valence-electron chi connectivity index (χ2n) is 6.51. The molecule has 31 heavy (non-hydrogen) atoms. The Kier molecular flexibility index (Phi) is 6.25. The molecule has 1 heterocycles. The maximum Gasteiger partial charge on any atom is 0.459 e. The molecule has 0 fully saturated rings. The summed E-state index contributed by atoms with van der Waals surface area (Å²) in [4.78, 5) is 11.7. The molecule has 2 rings (SSSR count). The Hall–Kier alpha value is -2.93. The summed E-state index contributed by atoms with van der Waals surface area (Å²) in [6.07, 6.45) is -9.97. The van der Waals surface area contributed by atoms with E-state index >= 15 is 0 Å². The smallest absolute Gasteiger partial charge is 0.459 e. The van der Waals surface area contributed by atoms with Crippen molar-refractivity contribution in [2.45, 2.75) is 31.1 Å². The van der Waals surface area contributed by atoms with Crippen molar-refractivity contribution in [1.29, 1.82) is 0 Å². The minimum atomic E-state index is -6.30. The number of nitroso groups, excluding NO2 is 1. The van der Waals surface area contributed by atoms with Crippen molar-refractivity contribution < 1.29 is 44.6 Å². The third kappa shape index (κ3) is 4.42. The number of hydrogen-bond acceptors (Lipinski definition) is 4. The third-order valence-corrected chi connectivity index (χ3v) is 4.40. The van der Waals surface area contributed by atoms with Gasteiger partial charge >= 0.3 is 18.3 Å². The zero-order valence-corrected chi connectivity index (χ0v) is 16.4. The molecular formula is C17H17F8N4O2+. The number of nitrogens with one attached hydrogen (secondary N) is 1. The van der Waals surface area contributed by atoms with E-state index in [0.717, 1.165) is 14.1 Å². The number of allylic oxidation sites excluding steroid dienone is 2. The van der Waals surface area contributed by atoms with Crippen LogP contribution >= 0.6 is 0 Å². The fourth-order valence-corrected chi connectivity index (χ4v) is 3.01. The summed E-state index contributed by atoms with van der Waals surface area (Å²) in [5.41, 5.74) is -4.88. The van der Waals surface area contributed by atoms with Crippen molar-refractivity contribution in [3.8, 4) is 0 Å². The molecule has 0 saturated carbocycles.